The summed E-state index contributed by atoms with van der Waals surface area (Å²) in [5, 5.41) is 0.487. The number of hydrogen-bond acceptors (Lipinski definition) is 4. The molecule has 0 aromatic heterocycles. The second-order valence-electron chi connectivity index (χ2n) is 3.52. The highest BCUT2D eigenvalue weighted by molar-refractivity contribution is 6.31. The van der Waals surface area contributed by atoms with Gasteiger partial charge in [-0.25, -0.2) is 4.79 Å². The van der Waals surface area contributed by atoms with Crippen LogP contribution in [0.25, 0.3) is 0 Å². The number of Topliss-reactive ketones (excluding diaryl/α,β-unsaturated/α-hetero) is 1. The van der Waals surface area contributed by atoms with Crippen molar-refractivity contribution in [2.45, 2.75) is 13.8 Å². The molecular formula is C12H13ClO4. The zero-order chi connectivity index (χ0) is 13.0. The van der Waals surface area contributed by atoms with Crippen LogP contribution in [0.3, 0.4) is 0 Å². The van der Waals surface area contributed by atoms with Gasteiger partial charge in [-0.15, -0.1) is 0 Å². The number of hydrogen-bond donors (Lipinski definition) is 0. The van der Waals surface area contributed by atoms with Crippen molar-refractivity contribution in [3.05, 3.63) is 28.3 Å². The Kier molecular flexibility index (Phi) is 4.52. The summed E-state index contributed by atoms with van der Waals surface area (Å²) in [7, 11) is 1.27. The number of rotatable bonds is 4. The first-order chi connectivity index (χ1) is 7.95. The van der Waals surface area contributed by atoms with Crippen LogP contribution in [0.4, 0.5) is 0 Å². The maximum atomic E-state index is 11.4. The molecule has 0 bridgehead atoms. The van der Waals surface area contributed by atoms with Gasteiger partial charge in [-0.3, -0.25) is 4.79 Å². The zero-order valence-corrected chi connectivity index (χ0v) is 10.6. The third kappa shape index (κ3) is 3.46. The summed E-state index contributed by atoms with van der Waals surface area (Å²) in [5.74, 6) is -0.344. The van der Waals surface area contributed by atoms with Gasteiger partial charge in [0.25, 0.3) is 0 Å². The monoisotopic (exact) mass is 256 g/mol. The van der Waals surface area contributed by atoms with Gasteiger partial charge in [-0.05, 0) is 31.5 Å². The largest absolute Gasteiger partial charge is 0.481 e. The minimum atomic E-state index is -0.507. The quantitative estimate of drug-likeness (QED) is 0.613. The van der Waals surface area contributed by atoms with Crippen molar-refractivity contribution in [1.29, 1.82) is 0 Å². The first-order valence-electron chi connectivity index (χ1n) is 4.96. The molecule has 92 valence electrons. The average Bonchev–Trinajstić information content (AvgIpc) is 2.29. The first kappa shape index (κ1) is 13.5. The molecule has 0 radical (unpaired) electrons. The lowest BCUT2D eigenvalue weighted by Crippen LogP contribution is -2.14. The van der Waals surface area contributed by atoms with Crippen LogP contribution in [-0.4, -0.2) is 25.5 Å². The van der Waals surface area contributed by atoms with E-state index in [0.29, 0.717) is 16.3 Å². The minimum absolute atomic E-state index is 0.174. The second-order valence-corrected chi connectivity index (χ2v) is 3.93. The van der Waals surface area contributed by atoms with Crippen LogP contribution >= 0.6 is 11.6 Å². The van der Waals surface area contributed by atoms with Gasteiger partial charge in [0, 0.05) is 5.02 Å². The van der Waals surface area contributed by atoms with Gasteiger partial charge in [-0.2, -0.15) is 0 Å². The van der Waals surface area contributed by atoms with Crippen molar-refractivity contribution in [2.24, 2.45) is 0 Å². The van der Waals surface area contributed by atoms with Gasteiger partial charge in [0.1, 0.15) is 5.75 Å². The highest BCUT2D eigenvalue weighted by atomic mass is 35.5. The Bertz CT molecular complexity index is 454. The number of carbonyl (C=O) groups is 2. The summed E-state index contributed by atoms with van der Waals surface area (Å²) in [4.78, 5) is 22.3. The number of ether oxygens (including phenoxy) is 2. The molecule has 0 amide bonds. The minimum Gasteiger partial charge on any atom is -0.481 e. The van der Waals surface area contributed by atoms with Crippen LogP contribution in [0.5, 0.6) is 5.75 Å². The number of benzene rings is 1. The van der Waals surface area contributed by atoms with Crippen LogP contribution in [0.2, 0.25) is 5.02 Å². The van der Waals surface area contributed by atoms with E-state index in [9.17, 15) is 9.59 Å². The SMILES string of the molecule is COC(=O)COc1cc(C)c(Cl)cc1C(C)=O. The van der Waals surface area contributed by atoms with Crippen molar-refractivity contribution in [2.75, 3.05) is 13.7 Å². The highest BCUT2D eigenvalue weighted by Crippen LogP contribution is 2.27. The maximum absolute atomic E-state index is 11.4. The van der Waals surface area contributed by atoms with Gasteiger partial charge < -0.3 is 9.47 Å². The molecule has 1 aromatic carbocycles. The van der Waals surface area contributed by atoms with Gasteiger partial charge in [0.2, 0.25) is 0 Å². The van der Waals surface area contributed by atoms with E-state index < -0.39 is 5.97 Å². The normalized spacial score (nSPS) is 9.88. The molecule has 0 aliphatic rings. The second kappa shape index (κ2) is 5.68. The van der Waals surface area contributed by atoms with Crippen LogP contribution in [0.15, 0.2) is 12.1 Å². The molecule has 1 rings (SSSR count). The van der Waals surface area contributed by atoms with Crippen molar-refractivity contribution in [3.8, 4) is 5.75 Å². The molecular weight excluding hydrogens is 244 g/mol. The lowest BCUT2D eigenvalue weighted by Gasteiger charge is -2.10. The van der Waals surface area contributed by atoms with E-state index in [1.54, 1.807) is 13.0 Å². The molecule has 0 saturated heterocycles. The Balaban J connectivity index is 3.00. The Hall–Kier alpha value is -1.55. The molecule has 0 fully saturated rings. The van der Waals surface area contributed by atoms with Gasteiger partial charge in [0.15, 0.2) is 12.4 Å². The lowest BCUT2D eigenvalue weighted by molar-refractivity contribution is -0.142. The molecule has 0 heterocycles. The Morgan fingerprint density at radius 2 is 2.00 bits per heavy atom. The number of esters is 1. The van der Waals surface area contributed by atoms with Crippen molar-refractivity contribution < 1.29 is 19.1 Å². The third-order valence-corrected chi connectivity index (χ3v) is 2.62. The fourth-order valence-corrected chi connectivity index (χ4v) is 1.41. The van der Waals surface area contributed by atoms with E-state index in [-0.39, 0.29) is 12.4 Å². The van der Waals surface area contributed by atoms with Crippen LogP contribution in [-0.2, 0) is 9.53 Å². The van der Waals surface area contributed by atoms with E-state index in [4.69, 9.17) is 16.3 Å². The third-order valence-electron chi connectivity index (χ3n) is 2.21. The lowest BCUT2D eigenvalue weighted by atomic mass is 10.1. The maximum Gasteiger partial charge on any atom is 0.343 e. The summed E-state index contributed by atoms with van der Waals surface area (Å²) >= 11 is 5.92. The van der Waals surface area contributed by atoms with Crippen molar-refractivity contribution >= 4 is 23.4 Å². The van der Waals surface area contributed by atoms with E-state index in [1.165, 1.54) is 20.1 Å². The van der Waals surface area contributed by atoms with Crippen LogP contribution in [0.1, 0.15) is 22.8 Å². The molecule has 0 atom stereocenters. The van der Waals surface area contributed by atoms with E-state index in [0.717, 1.165) is 5.56 Å². The first-order valence-corrected chi connectivity index (χ1v) is 5.34. The van der Waals surface area contributed by atoms with Gasteiger partial charge >= 0.3 is 5.97 Å². The van der Waals surface area contributed by atoms with Crippen molar-refractivity contribution in [1.82, 2.24) is 0 Å². The molecule has 0 N–H and O–H groups in total. The Labute approximate surface area is 104 Å². The number of ketones is 1. The van der Waals surface area contributed by atoms with Gasteiger partial charge in [0.05, 0.1) is 12.7 Å². The van der Waals surface area contributed by atoms with Crippen LogP contribution in [0, 0.1) is 6.92 Å². The van der Waals surface area contributed by atoms with Crippen molar-refractivity contribution in [3.63, 3.8) is 0 Å². The highest BCUT2D eigenvalue weighted by Gasteiger charge is 2.13. The van der Waals surface area contributed by atoms with E-state index in [1.807, 2.05) is 0 Å². The number of aryl methyl sites for hydroxylation is 1. The Morgan fingerprint density at radius 1 is 1.35 bits per heavy atom. The topological polar surface area (TPSA) is 52.6 Å². The zero-order valence-electron chi connectivity index (χ0n) is 9.87. The number of methoxy groups -OCH3 is 1. The smallest absolute Gasteiger partial charge is 0.343 e. The summed E-state index contributed by atoms with van der Waals surface area (Å²) in [6.45, 7) is 2.96. The molecule has 4 nitrogen and oxygen atoms in total. The number of halogens is 1. The average molecular weight is 257 g/mol. The summed E-state index contributed by atoms with van der Waals surface area (Å²) in [5.41, 5.74) is 1.13. The molecule has 17 heavy (non-hydrogen) atoms. The fourth-order valence-electron chi connectivity index (χ4n) is 1.25. The predicted octanol–water partition coefficient (Wildman–Crippen LogP) is 2.40. The molecule has 5 heteroatoms. The molecule has 0 aliphatic heterocycles. The summed E-state index contributed by atoms with van der Waals surface area (Å²) in [6, 6.07) is 3.16. The number of carbonyl (C=O) groups excluding carboxylic acids is 2. The summed E-state index contributed by atoms with van der Waals surface area (Å²) < 4.78 is 9.68. The standard InChI is InChI=1S/C12H13ClO4/c1-7-4-11(17-6-12(15)16-3)9(8(2)14)5-10(7)13/h4-5H,6H2,1-3H3. The van der Waals surface area contributed by atoms with E-state index in [2.05, 4.69) is 4.74 Å². The Morgan fingerprint density at radius 3 is 2.53 bits per heavy atom. The molecule has 0 unspecified atom stereocenters. The predicted molar refractivity (Wildman–Crippen MR) is 63.7 cm³/mol. The molecule has 0 aliphatic carbocycles. The summed E-state index contributed by atoms with van der Waals surface area (Å²) in [6.07, 6.45) is 0. The molecule has 0 spiro atoms. The molecule has 1 aromatic rings. The fraction of sp³-hybridized carbons (Fsp3) is 0.333. The van der Waals surface area contributed by atoms with Crippen LogP contribution < -0.4 is 4.74 Å². The van der Waals surface area contributed by atoms with E-state index >= 15 is 0 Å². The molecule has 0 saturated carbocycles. The van der Waals surface area contributed by atoms with Gasteiger partial charge in [-0.1, -0.05) is 11.6 Å².